The number of hydrogen-bond acceptors (Lipinski definition) is 4. The Hall–Kier alpha value is -1.59. The number of benzene rings is 1. The highest BCUT2D eigenvalue weighted by Gasteiger charge is 2.17. The van der Waals surface area contributed by atoms with Gasteiger partial charge in [0.15, 0.2) is 0 Å². The molecule has 124 valence electrons. The quantitative estimate of drug-likeness (QED) is 0.523. The highest BCUT2D eigenvalue weighted by atomic mass is 35.5. The zero-order valence-electron chi connectivity index (χ0n) is 14.3. The van der Waals surface area contributed by atoms with E-state index in [1.54, 1.807) is 6.34 Å². The van der Waals surface area contributed by atoms with E-state index < -0.39 is 0 Å². The Morgan fingerprint density at radius 2 is 1.96 bits per heavy atom. The summed E-state index contributed by atoms with van der Waals surface area (Å²) < 4.78 is 10.4. The summed E-state index contributed by atoms with van der Waals surface area (Å²) in [6, 6.07) is 4.01. The Kier molecular flexibility index (Phi) is 5.65. The molecule has 0 atom stereocenters. The van der Waals surface area contributed by atoms with Crippen molar-refractivity contribution < 1.29 is 4.74 Å². The molecular weight excluding hydrogens is 330 g/mol. The van der Waals surface area contributed by atoms with Crippen LogP contribution in [-0.4, -0.2) is 29.7 Å². The molecule has 1 heterocycles. The van der Waals surface area contributed by atoms with Gasteiger partial charge in [-0.2, -0.15) is 4.37 Å². The van der Waals surface area contributed by atoms with Crippen LogP contribution in [0.2, 0.25) is 5.02 Å². The number of aliphatic imine (C=N–C) groups is 1. The Bertz CT molecular complexity index is 723. The smallest absolute Gasteiger partial charge is 0.219 e. The van der Waals surface area contributed by atoms with Crippen LogP contribution in [0, 0.1) is 13.8 Å². The van der Waals surface area contributed by atoms with Crippen LogP contribution >= 0.6 is 23.1 Å². The highest BCUT2D eigenvalue weighted by Crippen LogP contribution is 2.40. The number of ether oxygens (including phenoxy) is 1. The van der Waals surface area contributed by atoms with Crippen molar-refractivity contribution in [3.8, 4) is 10.8 Å². The predicted octanol–water partition coefficient (Wildman–Crippen LogP) is 5.55. The van der Waals surface area contributed by atoms with Gasteiger partial charge in [-0.15, -0.1) is 0 Å². The third kappa shape index (κ3) is 4.24. The van der Waals surface area contributed by atoms with Crippen LogP contribution in [0.15, 0.2) is 17.1 Å². The van der Waals surface area contributed by atoms with Crippen LogP contribution in [0.4, 0.5) is 5.69 Å². The van der Waals surface area contributed by atoms with Crippen molar-refractivity contribution in [2.45, 2.75) is 33.6 Å². The Labute approximate surface area is 146 Å². The molecule has 0 amide bonds. The van der Waals surface area contributed by atoms with Gasteiger partial charge in [0.05, 0.1) is 17.7 Å². The zero-order chi connectivity index (χ0) is 17.1. The number of halogens is 1. The average Bonchev–Trinajstić information content (AvgIpc) is 2.82. The molecule has 0 aliphatic heterocycles. The third-order valence-electron chi connectivity index (χ3n) is 3.30. The van der Waals surface area contributed by atoms with Crippen molar-refractivity contribution in [2.24, 2.45) is 4.99 Å². The summed E-state index contributed by atoms with van der Waals surface area (Å²) in [4.78, 5) is 6.38. The molecular formula is C17H22ClN3OS. The van der Waals surface area contributed by atoms with Gasteiger partial charge < -0.3 is 9.64 Å². The largest absolute Gasteiger partial charge is 0.443 e. The molecule has 0 saturated heterocycles. The van der Waals surface area contributed by atoms with E-state index in [9.17, 15) is 0 Å². The molecule has 4 nitrogen and oxygen atoms in total. The molecule has 0 spiro atoms. The van der Waals surface area contributed by atoms with E-state index in [1.807, 2.05) is 45.0 Å². The van der Waals surface area contributed by atoms with Gasteiger partial charge in [0, 0.05) is 25.6 Å². The second kappa shape index (κ2) is 7.32. The van der Waals surface area contributed by atoms with Crippen LogP contribution in [0.25, 0.3) is 0 Å². The van der Waals surface area contributed by atoms with E-state index in [-0.39, 0.29) is 5.92 Å². The van der Waals surface area contributed by atoms with Crippen LogP contribution in [0.1, 0.15) is 36.6 Å². The van der Waals surface area contributed by atoms with E-state index in [0.717, 1.165) is 28.3 Å². The van der Waals surface area contributed by atoms with Gasteiger partial charge in [0.1, 0.15) is 10.8 Å². The molecule has 2 rings (SSSR count). The Morgan fingerprint density at radius 3 is 2.52 bits per heavy atom. The fraction of sp³-hybridized carbons (Fsp3) is 0.412. The SMILES string of the molecule is Cc1cc(Oc2snc(C(C)C)c2Cl)c(C)cc1/N=C\N(C)C. The van der Waals surface area contributed by atoms with Gasteiger partial charge in [0.25, 0.3) is 0 Å². The molecule has 0 fully saturated rings. The maximum atomic E-state index is 6.37. The minimum absolute atomic E-state index is 0.279. The standard InChI is InChI=1S/C17H22ClN3OS/c1-10(2)16-15(18)17(23-20-16)22-14-8-11(3)13(7-12(14)4)19-9-21(5)6/h7-10H,1-6H3/b19-9-. The average molecular weight is 352 g/mol. The van der Waals surface area contributed by atoms with Gasteiger partial charge in [0.2, 0.25) is 5.06 Å². The van der Waals surface area contributed by atoms with Gasteiger partial charge in [-0.3, -0.25) is 0 Å². The highest BCUT2D eigenvalue weighted by molar-refractivity contribution is 7.08. The normalized spacial score (nSPS) is 11.5. The van der Waals surface area contributed by atoms with Crippen molar-refractivity contribution >= 4 is 35.2 Å². The summed E-state index contributed by atoms with van der Waals surface area (Å²) in [6.45, 7) is 8.15. The fourth-order valence-corrected chi connectivity index (χ4v) is 3.25. The molecule has 0 bridgehead atoms. The van der Waals surface area contributed by atoms with E-state index >= 15 is 0 Å². The topological polar surface area (TPSA) is 37.7 Å². The van der Waals surface area contributed by atoms with Gasteiger partial charge in [-0.05, 0) is 43.0 Å². The van der Waals surface area contributed by atoms with E-state index in [0.29, 0.717) is 10.1 Å². The van der Waals surface area contributed by atoms with Gasteiger partial charge in [-0.25, -0.2) is 4.99 Å². The first kappa shape index (κ1) is 17.8. The monoisotopic (exact) mass is 351 g/mol. The van der Waals surface area contributed by atoms with E-state index in [2.05, 4.69) is 23.2 Å². The minimum Gasteiger partial charge on any atom is -0.443 e. The van der Waals surface area contributed by atoms with Crippen molar-refractivity contribution in [1.82, 2.24) is 9.27 Å². The fourth-order valence-electron chi connectivity index (χ4n) is 2.00. The lowest BCUT2D eigenvalue weighted by molar-refractivity contribution is 0.492. The molecule has 0 saturated carbocycles. The summed E-state index contributed by atoms with van der Waals surface area (Å²) >= 11 is 7.66. The first-order valence-corrected chi connectivity index (χ1v) is 8.59. The lowest BCUT2D eigenvalue weighted by Gasteiger charge is -2.11. The summed E-state index contributed by atoms with van der Waals surface area (Å²) in [5.74, 6) is 1.06. The van der Waals surface area contributed by atoms with Crippen LogP contribution in [0.5, 0.6) is 10.8 Å². The number of aromatic nitrogens is 1. The van der Waals surface area contributed by atoms with Crippen molar-refractivity contribution in [2.75, 3.05) is 14.1 Å². The van der Waals surface area contributed by atoms with Gasteiger partial charge >= 0.3 is 0 Å². The maximum absolute atomic E-state index is 6.37. The zero-order valence-corrected chi connectivity index (χ0v) is 15.9. The van der Waals surface area contributed by atoms with E-state index in [4.69, 9.17) is 16.3 Å². The number of nitrogens with zero attached hydrogens (tertiary/aromatic N) is 3. The number of rotatable bonds is 5. The summed E-state index contributed by atoms with van der Waals surface area (Å²) in [6.07, 6.45) is 1.79. The molecule has 0 aliphatic carbocycles. The van der Waals surface area contributed by atoms with Crippen LogP contribution in [0.3, 0.4) is 0 Å². The summed E-state index contributed by atoms with van der Waals surface area (Å²) in [7, 11) is 3.89. The molecule has 2 aromatic rings. The molecule has 6 heteroatoms. The lowest BCUT2D eigenvalue weighted by Crippen LogP contribution is -2.07. The second-order valence-electron chi connectivity index (χ2n) is 6.04. The molecule has 1 aromatic heterocycles. The number of hydrogen-bond donors (Lipinski definition) is 0. The molecule has 1 aromatic carbocycles. The Morgan fingerprint density at radius 1 is 1.26 bits per heavy atom. The maximum Gasteiger partial charge on any atom is 0.219 e. The molecule has 0 aliphatic rings. The third-order valence-corrected chi connectivity index (χ3v) is 4.52. The van der Waals surface area contributed by atoms with Gasteiger partial charge in [-0.1, -0.05) is 25.4 Å². The Balaban J connectivity index is 2.29. The second-order valence-corrected chi connectivity index (χ2v) is 7.15. The van der Waals surface area contributed by atoms with Crippen molar-refractivity contribution in [3.63, 3.8) is 0 Å². The van der Waals surface area contributed by atoms with Crippen LogP contribution in [-0.2, 0) is 0 Å². The minimum atomic E-state index is 0.279. The first-order chi connectivity index (χ1) is 10.8. The molecule has 0 N–H and O–H groups in total. The lowest BCUT2D eigenvalue weighted by atomic mass is 10.1. The first-order valence-electron chi connectivity index (χ1n) is 7.44. The number of aryl methyl sites for hydroxylation is 2. The molecule has 23 heavy (non-hydrogen) atoms. The predicted molar refractivity (Wildman–Crippen MR) is 99.0 cm³/mol. The van der Waals surface area contributed by atoms with Crippen molar-refractivity contribution in [3.05, 3.63) is 34.0 Å². The molecule has 0 radical (unpaired) electrons. The molecule has 0 unspecified atom stereocenters. The van der Waals surface area contributed by atoms with Crippen LogP contribution < -0.4 is 4.74 Å². The van der Waals surface area contributed by atoms with E-state index in [1.165, 1.54) is 11.5 Å². The summed E-state index contributed by atoms with van der Waals surface area (Å²) in [5, 5.41) is 1.25. The summed E-state index contributed by atoms with van der Waals surface area (Å²) in [5.41, 5.74) is 3.88. The van der Waals surface area contributed by atoms with Crippen molar-refractivity contribution in [1.29, 1.82) is 0 Å².